The fourth-order valence-corrected chi connectivity index (χ4v) is 4.47. The van der Waals surface area contributed by atoms with Crippen LogP contribution >= 0.6 is 0 Å². The van der Waals surface area contributed by atoms with E-state index in [9.17, 15) is 0 Å². The van der Waals surface area contributed by atoms with Gasteiger partial charge in [-0.05, 0) is 69.8 Å². The lowest BCUT2D eigenvalue weighted by atomic mass is 9.91. The van der Waals surface area contributed by atoms with Crippen molar-refractivity contribution in [3.63, 3.8) is 0 Å². The molecule has 1 unspecified atom stereocenters. The average Bonchev–Trinajstić information content (AvgIpc) is 2.67. The molecular formula is C22H37N3. The lowest BCUT2D eigenvalue weighted by Crippen LogP contribution is -2.46. The Balaban J connectivity index is 1.29. The summed E-state index contributed by atoms with van der Waals surface area (Å²) in [5.41, 5.74) is 1.51. The van der Waals surface area contributed by atoms with Crippen LogP contribution in [0.5, 0.6) is 0 Å². The van der Waals surface area contributed by atoms with Crippen LogP contribution in [0, 0.1) is 5.92 Å². The molecule has 1 atom stereocenters. The molecule has 0 saturated carbocycles. The zero-order valence-electron chi connectivity index (χ0n) is 16.2. The second kappa shape index (κ2) is 10.3. The molecule has 0 radical (unpaired) electrons. The predicted molar refractivity (Wildman–Crippen MR) is 107 cm³/mol. The fourth-order valence-electron chi connectivity index (χ4n) is 4.47. The molecule has 2 heterocycles. The van der Waals surface area contributed by atoms with Gasteiger partial charge in [0.05, 0.1) is 0 Å². The van der Waals surface area contributed by atoms with E-state index in [4.69, 9.17) is 0 Å². The van der Waals surface area contributed by atoms with Gasteiger partial charge >= 0.3 is 0 Å². The molecule has 0 spiro atoms. The van der Waals surface area contributed by atoms with Crippen LogP contribution in [0.15, 0.2) is 30.3 Å². The maximum atomic E-state index is 2.73. The number of unbranched alkanes of at least 4 members (excludes halogenated alkanes) is 1. The third-order valence-corrected chi connectivity index (χ3v) is 6.08. The SMILES string of the molecule is CCN1CCN(CCCCN2CCCC(Cc3ccccc3)C2)CC1. The van der Waals surface area contributed by atoms with Crippen molar-refractivity contribution in [3.8, 4) is 0 Å². The van der Waals surface area contributed by atoms with Gasteiger partial charge in [0, 0.05) is 32.7 Å². The maximum Gasteiger partial charge on any atom is 0.0110 e. The average molecular weight is 344 g/mol. The molecule has 3 heteroatoms. The highest BCUT2D eigenvalue weighted by atomic mass is 15.3. The maximum absolute atomic E-state index is 2.73. The minimum absolute atomic E-state index is 0.860. The van der Waals surface area contributed by atoms with Crippen LogP contribution in [0.3, 0.4) is 0 Å². The lowest BCUT2D eigenvalue weighted by molar-refractivity contribution is 0.131. The second-order valence-corrected chi connectivity index (χ2v) is 7.98. The van der Waals surface area contributed by atoms with Crippen LogP contribution in [-0.2, 0) is 6.42 Å². The number of hydrogen-bond acceptors (Lipinski definition) is 3. The van der Waals surface area contributed by atoms with E-state index >= 15 is 0 Å². The highest BCUT2D eigenvalue weighted by Gasteiger charge is 2.20. The van der Waals surface area contributed by atoms with Crippen LogP contribution in [0.1, 0.15) is 38.2 Å². The molecule has 0 aliphatic carbocycles. The van der Waals surface area contributed by atoms with Crippen molar-refractivity contribution in [1.82, 2.24) is 14.7 Å². The number of likely N-dealkylation sites (tertiary alicyclic amines) is 1. The van der Waals surface area contributed by atoms with E-state index in [1.165, 1.54) is 96.6 Å². The quantitative estimate of drug-likeness (QED) is 0.670. The first-order valence-corrected chi connectivity index (χ1v) is 10.5. The molecule has 1 aromatic rings. The van der Waals surface area contributed by atoms with E-state index in [2.05, 4.69) is 52.0 Å². The number of hydrogen-bond donors (Lipinski definition) is 0. The van der Waals surface area contributed by atoms with Gasteiger partial charge < -0.3 is 14.7 Å². The van der Waals surface area contributed by atoms with E-state index in [0.29, 0.717) is 0 Å². The Labute approximate surface area is 155 Å². The minimum atomic E-state index is 0.860. The number of rotatable bonds is 8. The number of likely N-dealkylation sites (N-methyl/N-ethyl adjacent to an activating group) is 1. The highest BCUT2D eigenvalue weighted by Crippen LogP contribution is 2.21. The molecule has 0 aromatic heterocycles. The molecule has 2 saturated heterocycles. The van der Waals surface area contributed by atoms with Crippen molar-refractivity contribution >= 4 is 0 Å². The first kappa shape index (κ1) is 18.9. The molecule has 1 aromatic carbocycles. The molecule has 2 aliphatic rings. The number of nitrogens with zero attached hydrogens (tertiary/aromatic N) is 3. The summed E-state index contributed by atoms with van der Waals surface area (Å²) in [7, 11) is 0. The molecule has 3 rings (SSSR count). The summed E-state index contributed by atoms with van der Waals surface area (Å²) < 4.78 is 0. The van der Waals surface area contributed by atoms with Crippen LogP contribution in [0.25, 0.3) is 0 Å². The molecule has 3 nitrogen and oxygen atoms in total. The third-order valence-electron chi connectivity index (χ3n) is 6.08. The molecule has 2 fully saturated rings. The Morgan fingerprint density at radius 2 is 1.52 bits per heavy atom. The van der Waals surface area contributed by atoms with Gasteiger partial charge in [-0.1, -0.05) is 37.3 Å². The number of piperidine rings is 1. The van der Waals surface area contributed by atoms with Crippen molar-refractivity contribution in [2.24, 2.45) is 5.92 Å². The molecule has 2 aliphatic heterocycles. The zero-order valence-corrected chi connectivity index (χ0v) is 16.2. The van der Waals surface area contributed by atoms with Gasteiger partial charge in [0.1, 0.15) is 0 Å². The number of benzene rings is 1. The Hall–Kier alpha value is -0.900. The molecule has 140 valence electrons. The summed E-state index contributed by atoms with van der Waals surface area (Å²) in [6.45, 7) is 13.8. The summed E-state index contributed by atoms with van der Waals surface area (Å²) in [5.74, 6) is 0.860. The van der Waals surface area contributed by atoms with E-state index in [-0.39, 0.29) is 0 Å². The van der Waals surface area contributed by atoms with Gasteiger partial charge in [-0.2, -0.15) is 0 Å². The van der Waals surface area contributed by atoms with Gasteiger partial charge in [-0.15, -0.1) is 0 Å². The first-order chi connectivity index (χ1) is 12.3. The third kappa shape index (κ3) is 6.40. The monoisotopic (exact) mass is 343 g/mol. The Kier molecular flexibility index (Phi) is 7.78. The summed E-state index contributed by atoms with van der Waals surface area (Å²) in [6, 6.07) is 11.1. The molecule has 25 heavy (non-hydrogen) atoms. The topological polar surface area (TPSA) is 9.72 Å². The fraction of sp³-hybridized carbons (Fsp3) is 0.727. The van der Waals surface area contributed by atoms with E-state index < -0.39 is 0 Å². The summed E-state index contributed by atoms with van der Waals surface area (Å²) in [5, 5.41) is 0. The van der Waals surface area contributed by atoms with Crippen molar-refractivity contribution < 1.29 is 0 Å². The number of piperazine rings is 1. The molecule has 0 bridgehead atoms. The Morgan fingerprint density at radius 1 is 0.840 bits per heavy atom. The summed E-state index contributed by atoms with van der Waals surface area (Å²) in [6.07, 6.45) is 6.79. The second-order valence-electron chi connectivity index (χ2n) is 7.98. The van der Waals surface area contributed by atoms with Gasteiger partial charge in [0.25, 0.3) is 0 Å². The van der Waals surface area contributed by atoms with Crippen LogP contribution in [0.2, 0.25) is 0 Å². The highest BCUT2D eigenvalue weighted by molar-refractivity contribution is 5.15. The van der Waals surface area contributed by atoms with E-state index in [0.717, 1.165) is 5.92 Å². The van der Waals surface area contributed by atoms with Crippen molar-refractivity contribution in [2.75, 3.05) is 58.9 Å². The molecular weight excluding hydrogens is 306 g/mol. The van der Waals surface area contributed by atoms with E-state index in [1.807, 2.05) is 0 Å². The predicted octanol–water partition coefficient (Wildman–Crippen LogP) is 3.36. The van der Waals surface area contributed by atoms with Crippen LogP contribution in [-0.4, -0.2) is 73.6 Å². The smallest absolute Gasteiger partial charge is 0.0110 e. The Bertz CT molecular complexity index is 467. The van der Waals surface area contributed by atoms with Crippen molar-refractivity contribution in [2.45, 2.75) is 39.0 Å². The van der Waals surface area contributed by atoms with Crippen LogP contribution in [0.4, 0.5) is 0 Å². The standard InChI is InChI=1S/C22H37N3/c1-2-23-15-17-24(18-16-23)12-6-7-13-25-14-8-11-22(20-25)19-21-9-4-3-5-10-21/h3-5,9-10,22H,2,6-8,11-20H2,1H3. The summed E-state index contributed by atoms with van der Waals surface area (Å²) >= 11 is 0. The van der Waals surface area contributed by atoms with Crippen molar-refractivity contribution in [1.29, 1.82) is 0 Å². The van der Waals surface area contributed by atoms with Crippen molar-refractivity contribution in [3.05, 3.63) is 35.9 Å². The van der Waals surface area contributed by atoms with Gasteiger partial charge in [0.15, 0.2) is 0 Å². The minimum Gasteiger partial charge on any atom is -0.303 e. The zero-order chi connectivity index (χ0) is 17.3. The molecule has 0 amide bonds. The van der Waals surface area contributed by atoms with E-state index in [1.54, 1.807) is 0 Å². The van der Waals surface area contributed by atoms with Gasteiger partial charge in [0.2, 0.25) is 0 Å². The Morgan fingerprint density at radius 3 is 2.24 bits per heavy atom. The van der Waals surface area contributed by atoms with Gasteiger partial charge in [-0.25, -0.2) is 0 Å². The van der Waals surface area contributed by atoms with Crippen LogP contribution < -0.4 is 0 Å². The largest absolute Gasteiger partial charge is 0.303 e. The van der Waals surface area contributed by atoms with Gasteiger partial charge in [-0.3, -0.25) is 0 Å². The summed E-state index contributed by atoms with van der Waals surface area (Å²) in [4.78, 5) is 7.96. The lowest BCUT2D eigenvalue weighted by Gasteiger charge is -2.35. The first-order valence-electron chi connectivity index (χ1n) is 10.5. The molecule has 0 N–H and O–H groups in total. The normalized spacial score (nSPS) is 23.8.